The second-order valence-corrected chi connectivity index (χ2v) is 2.88. The van der Waals surface area contributed by atoms with E-state index >= 15 is 0 Å². The highest BCUT2D eigenvalue weighted by Crippen LogP contribution is 2.27. The molecule has 2 aliphatic heterocycles. The first kappa shape index (κ1) is 4.77. The normalized spacial score (nSPS) is 52.9. The molecular weight excluding hydrogens is 102 g/mol. The molecule has 0 amide bonds. The van der Waals surface area contributed by atoms with Crippen molar-refractivity contribution < 1.29 is 5.11 Å². The molecule has 2 heteroatoms. The lowest BCUT2D eigenvalue weighted by Crippen LogP contribution is -2.26. The van der Waals surface area contributed by atoms with E-state index in [1.165, 1.54) is 13.0 Å². The first-order chi connectivity index (χ1) is 3.86. The second-order valence-electron chi connectivity index (χ2n) is 2.88. The molecule has 2 nitrogen and oxygen atoms in total. The molecule has 0 aliphatic carbocycles. The summed E-state index contributed by atoms with van der Waals surface area (Å²) in [6.45, 7) is 3.31. The van der Waals surface area contributed by atoms with Gasteiger partial charge in [0.05, 0.1) is 6.10 Å². The van der Waals surface area contributed by atoms with E-state index in [0.29, 0.717) is 5.92 Å². The Morgan fingerprint density at radius 2 is 2.25 bits per heavy atom. The van der Waals surface area contributed by atoms with Gasteiger partial charge in [0.2, 0.25) is 0 Å². The van der Waals surface area contributed by atoms with Gasteiger partial charge in [-0.05, 0) is 13.0 Å². The minimum atomic E-state index is 0.00347. The smallest absolute Gasteiger partial charge is 0.0707 e. The fourth-order valence-corrected chi connectivity index (χ4v) is 1.76. The Hall–Kier alpha value is -0.0800. The summed E-state index contributed by atoms with van der Waals surface area (Å²) in [5.41, 5.74) is 0. The zero-order valence-electron chi connectivity index (χ0n) is 4.88. The maximum absolute atomic E-state index is 9.18. The number of rotatable bonds is 0. The summed E-state index contributed by atoms with van der Waals surface area (Å²) < 4.78 is 0. The molecule has 2 fully saturated rings. The van der Waals surface area contributed by atoms with E-state index < -0.39 is 0 Å². The van der Waals surface area contributed by atoms with Gasteiger partial charge in [0.25, 0.3) is 0 Å². The van der Waals surface area contributed by atoms with Gasteiger partial charge in [-0.3, -0.25) is 0 Å². The largest absolute Gasteiger partial charge is 0.391 e. The van der Waals surface area contributed by atoms with Crippen molar-refractivity contribution in [1.82, 2.24) is 4.90 Å². The van der Waals surface area contributed by atoms with E-state index in [1.807, 2.05) is 0 Å². The number of hydrogen-bond acceptors (Lipinski definition) is 2. The van der Waals surface area contributed by atoms with Gasteiger partial charge in [0.1, 0.15) is 0 Å². The molecular formula is C6H11NO. The van der Waals surface area contributed by atoms with Crippen molar-refractivity contribution in [2.75, 3.05) is 19.6 Å². The van der Waals surface area contributed by atoms with Crippen molar-refractivity contribution in [2.45, 2.75) is 12.5 Å². The van der Waals surface area contributed by atoms with Crippen LogP contribution in [0.2, 0.25) is 0 Å². The SMILES string of the molecule is O[C@@H]1CN2CCC1C2. The number of hydrogen-bond donors (Lipinski definition) is 1. The van der Waals surface area contributed by atoms with Gasteiger partial charge in [-0.15, -0.1) is 0 Å². The van der Waals surface area contributed by atoms with Gasteiger partial charge in [-0.25, -0.2) is 0 Å². The standard InChI is InChI=1S/C6H11NO/c8-6-4-7-2-1-5(6)3-7/h5-6,8H,1-4H2/t5?,6-/m1/s1. The predicted molar refractivity (Wildman–Crippen MR) is 30.6 cm³/mol. The molecule has 2 rings (SSSR count). The van der Waals surface area contributed by atoms with Crippen LogP contribution in [0.5, 0.6) is 0 Å². The average Bonchev–Trinajstić information content (AvgIpc) is 2.23. The van der Waals surface area contributed by atoms with Gasteiger partial charge < -0.3 is 10.0 Å². The zero-order chi connectivity index (χ0) is 5.56. The van der Waals surface area contributed by atoms with Gasteiger partial charge in [-0.1, -0.05) is 0 Å². The van der Waals surface area contributed by atoms with Crippen molar-refractivity contribution in [3.05, 3.63) is 0 Å². The van der Waals surface area contributed by atoms with E-state index in [2.05, 4.69) is 4.90 Å². The number of fused-ring (bicyclic) bond motifs is 2. The molecule has 46 valence electrons. The summed E-state index contributed by atoms with van der Waals surface area (Å²) in [7, 11) is 0. The summed E-state index contributed by atoms with van der Waals surface area (Å²) in [6.07, 6.45) is 1.23. The van der Waals surface area contributed by atoms with Gasteiger partial charge in [-0.2, -0.15) is 0 Å². The fraction of sp³-hybridized carbons (Fsp3) is 1.00. The van der Waals surface area contributed by atoms with E-state index in [1.54, 1.807) is 0 Å². The molecule has 3 atom stereocenters. The molecule has 0 spiro atoms. The average molecular weight is 113 g/mol. The second kappa shape index (κ2) is 1.45. The van der Waals surface area contributed by atoms with Crippen LogP contribution in [0.1, 0.15) is 6.42 Å². The van der Waals surface area contributed by atoms with Gasteiger partial charge in [0.15, 0.2) is 0 Å². The van der Waals surface area contributed by atoms with Crippen LogP contribution >= 0.6 is 0 Å². The molecule has 2 aliphatic rings. The third-order valence-electron chi connectivity index (χ3n) is 2.30. The maximum atomic E-state index is 9.18. The lowest BCUT2D eigenvalue weighted by molar-refractivity contribution is 0.118. The van der Waals surface area contributed by atoms with Crippen LogP contribution in [0.25, 0.3) is 0 Å². The summed E-state index contributed by atoms with van der Waals surface area (Å²) in [5.74, 6) is 0.620. The lowest BCUT2D eigenvalue weighted by Gasteiger charge is -2.15. The van der Waals surface area contributed by atoms with Crippen LogP contribution in [0.3, 0.4) is 0 Å². The van der Waals surface area contributed by atoms with Crippen LogP contribution in [0.15, 0.2) is 0 Å². The van der Waals surface area contributed by atoms with Crippen molar-refractivity contribution in [3.8, 4) is 0 Å². The van der Waals surface area contributed by atoms with Crippen molar-refractivity contribution in [2.24, 2.45) is 5.92 Å². The summed E-state index contributed by atoms with van der Waals surface area (Å²) >= 11 is 0. The summed E-state index contributed by atoms with van der Waals surface area (Å²) in [6, 6.07) is 0. The first-order valence-electron chi connectivity index (χ1n) is 3.26. The molecule has 0 aromatic carbocycles. The molecule has 0 aromatic rings. The topological polar surface area (TPSA) is 23.5 Å². The first-order valence-corrected chi connectivity index (χ1v) is 3.26. The Bertz CT molecular complexity index is 103. The van der Waals surface area contributed by atoms with Crippen LogP contribution in [0.4, 0.5) is 0 Å². The van der Waals surface area contributed by atoms with Crippen LogP contribution in [0, 0.1) is 5.92 Å². The molecule has 8 heavy (non-hydrogen) atoms. The lowest BCUT2D eigenvalue weighted by atomic mass is 10.0. The Labute approximate surface area is 49.1 Å². The quantitative estimate of drug-likeness (QED) is 0.465. The summed E-state index contributed by atoms with van der Waals surface area (Å²) in [4.78, 5) is 2.33. The highest BCUT2D eigenvalue weighted by Gasteiger charge is 2.36. The number of nitrogens with zero attached hydrogens (tertiary/aromatic N) is 1. The molecule has 1 N–H and O–H groups in total. The summed E-state index contributed by atoms with van der Waals surface area (Å²) in [5, 5.41) is 9.18. The molecule has 2 unspecified atom stereocenters. The Morgan fingerprint density at radius 3 is 2.50 bits per heavy atom. The number of aliphatic hydroxyl groups excluding tert-OH is 1. The number of aliphatic hydroxyl groups is 1. The van der Waals surface area contributed by atoms with Gasteiger partial charge >= 0.3 is 0 Å². The van der Waals surface area contributed by atoms with E-state index in [9.17, 15) is 5.11 Å². The number of piperidine rings is 1. The Balaban J connectivity index is 2.11. The Kier molecular flexibility index (Phi) is 0.866. The minimum Gasteiger partial charge on any atom is -0.391 e. The van der Waals surface area contributed by atoms with Crippen LogP contribution in [-0.4, -0.2) is 35.7 Å². The predicted octanol–water partition coefficient (Wildman–Crippen LogP) is -0.317. The van der Waals surface area contributed by atoms with Crippen molar-refractivity contribution in [1.29, 1.82) is 0 Å². The molecule has 0 aromatic heterocycles. The molecule has 0 saturated carbocycles. The maximum Gasteiger partial charge on any atom is 0.0707 e. The monoisotopic (exact) mass is 113 g/mol. The fourth-order valence-electron chi connectivity index (χ4n) is 1.76. The van der Waals surface area contributed by atoms with Gasteiger partial charge in [0, 0.05) is 19.0 Å². The van der Waals surface area contributed by atoms with E-state index in [0.717, 1.165) is 13.1 Å². The molecule has 2 bridgehead atoms. The minimum absolute atomic E-state index is 0.00347. The highest BCUT2D eigenvalue weighted by molar-refractivity contribution is 4.89. The van der Waals surface area contributed by atoms with E-state index in [-0.39, 0.29) is 6.10 Å². The third-order valence-corrected chi connectivity index (χ3v) is 2.30. The molecule has 0 radical (unpaired) electrons. The molecule has 2 saturated heterocycles. The van der Waals surface area contributed by atoms with Crippen LogP contribution < -0.4 is 0 Å². The zero-order valence-corrected chi connectivity index (χ0v) is 4.88. The highest BCUT2D eigenvalue weighted by atomic mass is 16.3. The Morgan fingerprint density at radius 1 is 1.38 bits per heavy atom. The van der Waals surface area contributed by atoms with Crippen molar-refractivity contribution >= 4 is 0 Å². The van der Waals surface area contributed by atoms with E-state index in [4.69, 9.17) is 0 Å². The molecule has 2 heterocycles. The van der Waals surface area contributed by atoms with Crippen molar-refractivity contribution in [3.63, 3.8) is 0 Å². The van der Waals surface area contributed by atoms with Crippen LogP contribution in [-0.2, 0) is 0 Å². The third kappa shape index (κ3) is 0.501.